The molecule has 0 heterocycles. The first-order valence-electron chi connectivity index (χ1n) is 2.55. The molecule has 0 aromatic rings. The highest BCUT2D eigenvalue weighted by Gasteiger charge is 2.24. The summed E-state index contributed by atoms with van der Waals surface area (Å²) in [4.78, 5) is 18.7. The molecule has 0 aliphatic heterocycles. The van der Waals surface area contributed by atoms with Crippen LogP contribution in [0, 0.1) is 0 Å². The van der Waals surface area contributed by atoms with Gasteiger partial charge in [-0.25, -0.2) is 0 Å². The molecule has 5 nitrogen and oxygen atoms in total. The third-order valence-electron chi connectivity index (χ3n) is 0.857. The van der Waals surface area contributed by atoms with Crippen molar-refractivity contribution in [3.05, 3.63) is 0 Å². The Bertz CT molecular complexity index is 153. The van der Waals surface area contributed by atoms with Crippen molar-refractivity contribution in [1.29, 1.82) is 0 Å². The van der Waals surface area contributed by atoms with Crippen LogP contribution in [0.5, 0.6) is 0 Å². The Labute approximate surface area is 71.2 Å². The number of ether oxygens (including phenoxy) is 1. The molecule has 0 saturated carbocycles. The molecule has 0 radical (unpaired) electrons. The highest BCUT2D eigenvalue weighted by Crippen LogP contribution is 2.13. The van der Waals surface area contributed by atoms with Crippen molar-refractivity contribution in [2.24, 2.45) is 5.73 Å². The van der Waals surface area contributed by atoms with Gasteiger partial charge in [-0.1, -0.05) is 0 Å². The predicted octanol–water partition coefficient (Wildman–Crippen LogP) is -0.357. The van der Waals surface area contributed by atoms with Crippen LogP contribution in [0.2, 0.25) is 0 Å². The fourth-order valence-corrected chi connectivity index (χ4v) is 0.880. The number of methoxy groups -OCH3 is 1. The van der Waals surface area contributed by atoms with Crippen LogP contribution in [0.3, 0.4) is 0 Å². The monoisotopic (exact) mass is 202 g/mol. The molecule has 0 aromatic carbocycles. The molecule has 3 N–H and O–H groups in total. The summed E-state index contributed by atoms with van der Waals surface area (Å²) < 4.78 is 14.3. The molecule has 11 heavy (non-hydrogen) atoms. The zero-order valence-electron chi connectivity index (χ0n) is 5.89. The molecule has 0 saturated heterocycles. The van der Waals surface area contributed by atoms with Gasteiger partial charge in [0.15, 0.2) is 6.04 Å². The lowest BCUT2D eigenvalue weighted by Crippen LogP contribution is -2.33. The Kier molecular flexibility index (Phi) is 7.89. The largest absolute Gasteiger partial charge is 0.507 e. The number of carbonyl (C=O) groups is 1. The van der Waals surface area contributed by atoms with Gasteiger partial charge in [-0.3, -0.25) is 4.79 Å². The molecule has 0 aliphatic carbocycles. The SMILES string of the molecule is COC(=O)C(N)C[P+](=O)O.Cl. The molecule has 66 valence electrons. The lowest BCUT2D eigenvalue weighted by Gasteiger charge is -1.99. The van der Waals surface area contributed by atoms with E-state index < -0.39 is 20.0 Å². The molecule has 0 aromatic heterocycles. The van der Waals surface area contributed by atoms with E-state index in [1.807, 2.05) is 0 Å². The minimum Gasteiger partial charge on any atom is -0.468 e. The molecule has 0 spiro atoms. The normalized spacial score (nSPS) is 12.8. The molecular formula is C4H10ClNO4P+. The van der Waals surface area contributed by atoms with Crippen LogP contribution < -0.4 is 5.73 Å². The van der Waals surface area contributed by atoms with Crippen LogP contribution in [0.25, 0.3) is 0 Å². The number of hydrogen-bond acceptors (Lipinski definition) is 4. The third kappa shape index (κ3) is 6.19. The maximum Gasteiger partial charge on any atom is 0.507 e. The molecule has 7 heteroatoms. The maximum absolute atomic E-state index is 10.5. The number of carbonyl (C=O) groups excluding carboxylic acids is 1. The summed E-state index contributed by atoms with van der Waals surface area (Å²) in [6.07, 6.45) is -0.248. The second-order valence-corrected chi connectivity index (χ2v) is 2.73. The minimum atomic E-state index is -2.35. The number of halogens is 1. The van der Waals surface area contributed by atoms with Crippen molar-refractivity contribution < 1.29 is 19.0 Å². The quantitative estimate of drug-likeness (QED) is 0.482. The van der Waals surface area contributed by atoms with Gasteiger partial charge in [-0.05, 0) is 4.57 Å². The third-order valence-corrected chi connectivity index (χ3v) is 1.56. The number of nitrogens with two attached hydrogens (primary N) is 1. The van der Waals surface area contributed by atoms with E-state index in [0.717, 1.165) is 0 Å². The average Bonchev–Trinajstić information content (AvgIpc) is 1.85. The van der Waals surface area contributed by atoms with Gasteiger partial charge in [-0.15, -0.1) is 12.4 Å². The predicted molar refractivity (Wildman–Crippen MR) is 41.9 cm³/mol. The van der Waals surface area contributed by atoms with E-state index >= 15 is 0 Å². The van der Waals surface area contributed by atoms with Gasteiger partial charge in [-0.2, -0.15) is 4.89 Å². The van der Waals surface area contributed by atoms with E-state index in [1.165, 1.54) is 7.11 Å². The van der Waals surface area contributed by atoms with E-state index in [9.17, 15) is 9.36 Å². The average molecular weight is 203 g/mol. The smallest absolute Gasteiger partial charge is 0.468 e. The summed E-state index contributed by atoms with van der Waals surface area (Å²) in [6.45, 7) is 0. The lowest BCUT2D eigenvalue weighted by atomic mass is 10.4. The van der Waals surface area contributed by atoms with Gasteiger partial charge < -0.3 is 10.5 Å². The summed E-state index contributed by atoms with van der Waals surface area (Å²) >= 11 is 0. The van der Waals surface area contributed by atoms with Crippen LogP contribution in [0.1, 0.15) is 0 Å². The number of rotatable bonds is 3. The molecule has 0 aliphatic rings. The van der Waals surface area contributed by atoms with Gasteiger partial charge in [0.25, 0.3) is 0 Å². The Hall–Kier alpha value is -0.220. The van der Waals surface area contributed by atoms with Crippen LogP contribution in [-0.4, -0.2) is 30.2 Å². The van der Waals surface area contributed by atoms with Crippen LogP contribution >= 0.6 is 20.4 Å². The highest BCUT2D eigenvalue weighted by atomic mass is 35.5. The molecule has 2 atom stereocenters. The second kappa shape index (κ2) is 6.49. The van der Waals surface area contributed by atoms with Crippen molar-refractivity contribution in [3.8, 4) is 0 Å². The molecule has 0 bridgehead atoms. The minimum absolute atomic E-state index is 0. The Morgan fingerprint density at radius 2 is 2.27 bits per heavy atom. The van der Waals surface area contributed by atoms with Crippen molar-refractivity contribution in [3.63, 3.8) is 0 Å². The van der Waals surface area contributed by atoms with Crippen molar-refractivity contribution >= 4 is 26.4 Å². The Morgan fingerprint density at radius 3 is 2.55 bits per heavy atom. The zero-order chi connectivity index (χ0) is 8.15. The number of esters is 1. The summed E-state index contributed by atoms with van der Waals surface area (Å²) in [5.41, 5.74) is 5.11. The zero-order valence-corrected chi connectivity index (χ0v) is 7.60. The summed E-state index contributed by atoms with van der Waals surface area (Å²) in [5, 5.41) is 0. The first-order valence-corrected chi connectivity index (χ1v) is 3.94. The number of hydrogen-bond donors (Lipinski definition) is 2. The molecule has 2 unspecified atom stereocenters. The maximum atomic E-state index is 10.5. The van der Waals surface area contributed by atoms with E-state index in [0.29, 0.717) is 0 Å². The first-order chi connectivity index (χ1) is 4.57. The summed E-state index contributed by atoms with van der Waals surface area (Å²) in [6, 6.07) is -0.987. The van der Waals surface area contributed by atoms with Gasteiger partial charge in [0.2, 0.25) is 6.16 Å². The fourth-order valence-electron chi connectivity index (χ4n) is 0.394. The topological polar surface area (TPSA) is 89.6 Å². The molecule has 0 rings (SSSR count). The van der Waals surface area contributed by atoms with E-state index in [1.54, 1.807) is 0 Å². The van der Waals surface area contributed by atoms with E-state index in [-0.39, 0.29) is 18.6 Å². The highest BCUT2D eigenvalue weighted by molar-refractivity contribution is 7.38. The van der Waals surface area contributed by atoms with Gasteiger partial charge in [0.05, 0.1) is 7.11 Å². The van der Waals surface area contributed by atoms with Crippen molar-refractivity contribution in [2.45, 2.75) is 6.04 Å². The van der Waals surface area contributed by atoms with Crippen molar-refractivity contribution in [2.75, 3.05) is 13.3 Å². The second-order valence-electron chi connectivity index (χ2n) is 1.66. The fraction of sp³-hybridized carbons (Fsp3) is 0.750. The van der Waals surface area contributed by atoms with Gasteiger partial charge >= 0.3 is 14.0 Å². The van der Waals surface area contributed by atoms with E-state index in [4.69, 9.17) is 10.6 Å². The Balaban J connectivity index is 0. The van der Waals surface area contributed by atoms with Crippen LogP contribution in [0.15, 0.2) is 0 Å². The molecular weight excluding hydrogens is 192 g/mol. The van der Waals surface area contributed by atoms with Gasteiger partial charge in [0.1, 0.15) is 0 Å². The summed E-state index contributed by atoms with van der Waals surface area (Å²) in [5.74, 6) is -0.669. The standard InChI is InChI=1S/C4H8NO4P.ClH/c1-9-4(6)3(5)2-10(7)8;/h3H,2,5H2,1H3;1H/p+1. The lowest BCUT2D eigenvalue weighted by molar-refractivity contribution is -0.141. The van der Waals surface area contributed by atoms with Crippen LogP contribution in [-0.2, 0) is 14.1 Å². The van der Waals surface area contributed by atoms with Crippen molar-refractivity contribution in [1.82, 2.24) is 0 Å². The summed E-state index contributed by atoms with van der Waals surface area (Å²) in [7, 11) is -1.18. The van der Waals surface area contributed by atoms with Gasteiger partial charge in [0, 0.05) is 0 Å². The molecule has 0 amide bonds. The Morgan fingerprint density at radius 1 is 1.82 bits per heavy atom. The first kappa shape index (κ1) is 13.4. The van der Waals surface area contributed by atoms with E-state index in [2.05, 4.69) is 4.74 Å². The molecule has 0 fully saturated rings. The van der Waals surface area contributed by atoms with Crippen LogP contribution in [0.4, 0.5) is 0 Å².